The Morgan fingerprint density at radius 3 is 2.33 bits per heavy atom. The van der Waals surface area contributed by atoms with E-state index in [1.807, 2.05) is 12.1 Å². The summed E-state index contributed by atoms with van der Waals surface area (Å²) in [5.41, 5.74) is 1.19. The summed E-state index contributed by atoms with van der Waals surface area (Å²) in [6, 6.07) is 11.0. The van der Waals surface area contributed by atoms with Gasteiger partial charge in [-0.05, 0) is 64.5 Å². The van der Waals surface area contributed by atoms with E-state index in [0.29, 0.717) is 5.92 Å². The third-order valence-corrected chi connectivity index (χ3v) is 5.34. The third kappa shape index (κ3) is 4.18. The fourth-order valence-electron chi connectivity index (χ4n) is 1.88. The summed E-state index contributed by atoms with van der Waals surface area (Å²) in [4.78, 5) is 1.38. The fourth-order valence-corrected chi connectivity index (χ4v) is 3.94. The average molecular weight is 392 g/mol. The maximum absolute atomic E-state index is 12.8. The molecule has 2 rings (SSSR count). The molecule has 96 valence electrons. The van der Waals surface area contributed by atoms with Gasteiger partial charge in [0.25, 0.3) is 0 Å². The lowest BCUT2D eigenvalue weighted by atomic mass is 9.97. The molecule has 0 radical (unpaired) electrons. The molecule has 0 aliphatic carbocycles. The number of halogens is 3. The molecule has 1 aromatic heterocycles. The zero-order valence-electron chi connectivity index (χ0n) is 9.70. The second-order valence-corrected chi connectivity index (χ2v) is 7.46. The first kappa shape index (κ1) is 14.2. The van der Waals surface area contributed by atoms with Gasteiger partial charge in [-0.3, -0.25) is 0 Å². The van der Waals surface area contributed by atoms with Crippen LogP contribution in [0.3, 0.4) is 0 Å². The van der Waals surface area contributed by atoms with E-state index in [9.17, 15) is 4.39 Å². The maximum Gasteiger partial charge on any atom is 0.123 e. The van der Waals surface area contributed by atoms with Crippen LogP contribution in [0.1, 0.15) is 10.4 Å². The van der Waals surface area contributed by atoms with Crippen LogP contribution in [-0.4, -0.2) is 5.33 Å². The number of alkyl halides is 1. The van der Waals surface area contributed by atoms with E-state index in [1.54, 1.807) is 11.3 Å². The second-order valence-electron chi connectivity index (χ2n) is 4.26. The van der Waals surface area contributed by atoms with Crippen molar-refractivity contribution in [3.8, 4) is 0 Å². The Morgan fingerprint density at radius 2 is 1.78 bits per heavy atom. The quantitative estimate of drug-likeness (QED) is 0.594. The van der Waals surface area contributed by atoms with Crippen LogP contribution in [0.5, 0.6) is 0 Å². The van der Waals surface area contributed by atoms with Crippen LogP contribution in [-0.2, 0) is 12.8 Å². The van der Waals surface area contributed by atoms with Crippen molar-refractivity contribution in [3.05, 3.63) is 56.4 Å². The van der Waals surface area contributed by atoms with Crippen LogP contribution in [0, 0.1) is 11.7 Å². The lowest BCUT2D eigenvalue weighted by Gasteiger charge is -2.13. The van der Waals surface area contributed by atoms with Gasteiger partial charge >= 0.3 is 0 Å². The van der Waals surface area contributed by atoms with Crippen LogP contribution in [0.25, 0.3) is 0 Å². The minimum atomic E-state index is -0.170. The predicted octanol–water partition coefficient (Wildman–Crippen LogP) is 5.45. The van der Waals surface area contributed by atoms with E-state index in [2.05, 4.69) is 44.0 Å². The van der Waals surface area contributed by atoms with Crippen molar-refractivity contribution < 1.29 is 4.39 Å². The molecule has 0 bridgehead atoms. The Kier molecular flexibility index (Phi) is 5.39. The number of rotatable bonds is 5. The molecule has 0 spiro atoms. The fraction of sp³-hybridized carbons (Fsp3) is 0.286. The van der Waals surface area contributed by atoms with Gasteiger partial charge in [-0.2, -0.15) is 0 Å². The first-order valence-corrected chi connectivity index (χ1v) is 8.45. The molecule has 0 saturated carbocycles. The molecule has 4 heteroatoms. The topological polar surface area (TPSA) is 0 Å². The molecule has 0 saturated heterocycles. The number of hydrogen-bond acceptors (Lipinski definition) is 1. The first-order valence-electron chi connectivity index (χ1n) is 5.72. The number of thiophene rings is 1. The van der Waals surface area contributed by atoms with E-state index < -0.39 is 0 Å². The van der Waals surface area contributed by atoms with Gasteiger partial charge in [-0.25, -0.2) is 4.39 Å². The summed E-state index contributed by atoms with van der Waals surface area (Å²) in [7, 11) is 0. The van der Waals surface area contributed by atoms with E-state index in [0.717, 1.165) is 18.2 Å². The Bertz CT molecular complexity index is 493. The molecule has 1 aromatic carbocycles. The van der Waals surface area contributed by atoms with Crippen LogP contribution in [0.15, 0.2) is 40.2 Å². The Morgan fingerprint density at radius 1 is 1.06 bits per heavy atom. The summed E-state index contributed by atoms with van der Waals surface area (Å²) in [5, 5.41) is 0.958. The molecule has 1 heterocycles. The van der Waals surface area contributed by atoms with Gasteiger partial charge in [0.05, 0.1) is 3.79 Å². The van der Waals surface area contributed by atoms with Crippen molar-refractivity contribution in [3.63, 3.8) is 0 Å². The van der Waals surface area contributed by atoms with E-state index >= 15 is 0 Å². The second kappa shape index (κ2) is 6.83. The summed E-state index contributed by atoms with van der Waals surface area (Å²) in [6.07, 6.45) is 2.03. The Balaban J connectivity index is 1.99. The molecule has 18 heavy (non-hydrogen) atoms. The molecule has 0 amide bonds. The summed E-state index contributed by atoms with van der Waals surface area (Å²) >= 11 is 8.84. The van der Waals surface area contributed by atoms with Gasteiger partial charge < -0.3 is 0 Å². The van der Waals surface area contributed by atoms with Gasteiger partial charge in [-0.1, -0.05) is 28.1 Å². The monoisotopic (exact) mass is 390 g/mol. The van der Waals surface area contributed by atoms with Gasteiger partial charge in [0, 0.05) is 10.2 Å². The zero-order chi connectivity index (χ0) is 13.0. The van der Waals surface area contributed by atoms with Crippen molar-refractivity contribution in [2.24, 2.45) is 5.92 Å². The summed E-state index contributed by atoms with van der Waals surface area (Å²) < 4.78 is 14.0. The van der Waals surface area contributed by atoms with Crippen molar-refractivity contribution in [2.75, 3.05) is 5.33 Å². The Labute approximate surface area is 127 Å². The lowest BCUT2D eigenvalue weighted by Crippen LogP contribution is -2.09. The van der Waals surface area contributed by atoms with Gasteiger partial charge in [0.2, 0.25) is 0 Å². The highest BCUT2D eigenvalue weighted by Gasteiger charge is 2.11. The van der Waals surface area contributed by atoms with Crippen molar-refractivity contribution >= 4 is 43.2 Å². The van der Waals surface area contributed by atoms with Crippen molar-refractivity contribution in [1.29, 1.82) is 0 Å². The summed E-state index contributed by atoms with van der Waals surface area (Å²) in [6.45, 7) is 0. The summed E-state index contributed by atoms with van der Waals surface area (Å²) in [5.74, 6) is 0.373. The highest BCUT2D eigenvalue weighted by atomic mass is 79.9. The molecule has 0 N–H and O–H groups in total. The van der Waals surface area contributed by atoms with Crippen LogP contribution < -0.4 is 0 Å². The molecular formula is C14H13Br2FS. The minimum Gasteiger partial charge on any atom is -0.207 e. The van der Waals surface area contributed by atoms with Gasteiger partial charge in [-0.15, -0.1) is 11.3 Å². The molecule has 0 fully saturated rings. The van der Waals surface area contributed by atoms with Gasteiger partial charge in [0.15, 0.2) is 0 Å². The van der Waals surface area contributed by atoms with Gasteiger partial charge in [0.1, 0.15) is 5.82 Å². The highest BCUT2D eigenvalue weighted by molar-refractivity contribution is 9.11. The third-order valence-electron chi connectivity index (χ3n) is 2.77. The molecule has 1 atom stereocenters. The largest absolute Gasteiger partial charge is 0.207 e. The number of hydrogen-bond donors (Lipinski definition) is 0. The molecule has 0 aliphatic rings. The molecule has 0 nitrogen and oxygen atoms in total. The minimum absolute atomic E-state index is 0.170. The standard InChI is InChI=1S/C14H13Br2FS/c15-9-11(8-13-5-6-14(16)18-13)7-10-1-3-12(17)4-2-10/h1-6,11H,7-9H2. The normalized spacial score (nSPS) is 12.6. The Hall–Kier alpha value is -0.190. The van der Waals surface area contributed by atoms with E-state index in [1.165, 1.54) is 26.4 Å². The zero-order valence-corrected chi connectivity index (χ0v) is 13.7. The first-order chi connectivity index (χ1) is 8.67. The molecule has 0 aliphatic heterocycles. The molecule has 2 aromatic rings. The van der Waals surface area contributed by atoms with E-state index in [4.69, 9.17) is 0 Å². The lowest BCUT2D eigenvalue weighted by molar-refractivity contribution is 0.592. The SMILES string of the molecule is Fc1ccc(CC(CBr)Cc2ccc(Br)s2)cc1. The number of benzene rings is 1. The van der Waals surface area contributed by atoms with Crippen LogP contribution >= 0.6 is 43.2 Å². The molecule has 1 unspecified atom stereocenters. The predicted molar refractivity (Wildman–Crippen MR) is 83.1 cm³/mol. The molecular weight excluding hydrogens is 379 g/mol. The van der Waals surface area contributed by atoms with Crippen LogP contribution in [0.4, 0.5) is 4.39 Å². The maximum atomic E-state index is 12.8. The highest BCUT2D eigenvalue weighted by Crippen LogP contribution is 2.26. The average Bonchev–Trinajstić information content (AvgIpc) is 2.77. The van der Waals surface area contributed by atoms with Crippen molar-refractivity contribution in [2.45, 2.75) is 12.8 Å². The van der Waals surface area contributed by atoms with Crippen molar-refractivity contribution in [1.82, 2.24) is 0 Å². The van der Waals surface area contributed by atoms with E-state index in [-0.39, 0.29) is 5.82 Å². The van der Waals surface area contributed by atoms with Crippen LogP contribution in [0.2, 0.25) is 0 Å². The smallest absolute Gasteiger partial charge is 0.123 e.